The first-order valence-electron chi connectivity index (χ1n) is 6.37. The Morgan fingerprint density at radius 3 is 2.84 bits per heavy atom. The van der Waals surface area contributed by atoms with Gasteiger partial charge >= 0.3 is 0 Å². The molecule has 0 spiro atoms. The van der Waals surface area contributed by atoms with Crippen molar-refractivity contribution < 1.29 is 4.79 Å². The quantitative estimate of drug-likeness (QED) is 0.601. The van der Waals surface area contributed by atoms with Crippen LogP contribution in [0.1, 0.15) is 24.3 Å². The monoisotopic (exact) mass is 263 g/mol. The summed E-state index contributed by atoms with van der Waals surface area (Å²) in [6.45, 7) is 6.56. The van der Waals surface area contributed by atoms with E-state index in [0.29, 0.717) is 17.9 Å². The van der Waals surface area contributed by atoms with Crippen LogP contribution >= 0.6 is 0 Å². The van der Waals surface area contributed by atoms with Crippen molar-refractivity contribution in [3.05, 3.63) is 24.0 Å². The lowest BCUT2D eigenvalue weighted by atomic mass is 9.99. The molecule has 0 radical (unpaired) electrons. The van der Waals surface area contributed by atoms with E-state index in [2.05, 4.69) is 36.2 Å². The summed E-state index contributed by atoms with van der Waals surface area (Å²) in [5.74, 6) is 5.31. The van der Waals surface area contributed by atoms with Gasteiger partial charge in [0.15, 0.2) is 0 Å². The lowest BCUT2D eigenvalue weighted by molar-refractivity contribution is 0.0307. The molecule has 0 bridgehead atoms. The van der Waals surface area contributed by atoms with Crippen LogP contribution in [0.3, 0.4) is 0 Å². The smallest absolute Gasteiger partial charge is 0.272 e. The highest BCUT2D eigenvalue weighted by Gasteiger charge is 2.33. The molecule has 1 aliphatic heterocycles. The number of nitrogens with two attached hydrogens (primary N) is 1. The Labute approximate surface area is 113 Å². The first kappa shape index (κ1) is 13.8. The molecule has 0 saturated carbocycles. The Hall–Kier alpha value is -1.66. The fourth-order valence-electron chi connectivity index (χ4n) is 2.21. The van der Waals surface area contributed by atoms with E-state index in [1.807, 2.05) is 4.90 Å². The molecule has 19 heavy (non-hydrogen) atoms. The molecular weight excluding hydrogens is 242 g/mol. The molecule has 1 saturated heterocycles. The number of carbonyl (C=O) groups excluding carboxylic acids is 1. The number of nitrogens with zero attached hydrogens (tertiary/aromatic N) is 3. The number of likely N-dealkylation sites (N-methyl/N-ethyl adjacent to an activating group) is 1. The second-order valence-electron chi connectivity index (χ2n) is 5.53. The molecule has 0 unspecified atom stereocenters. The number of pyridine rings is 1. The van der Waals surface area contributed by atoms with Gasteiger partial charge in [-0.05, 0) is 33.0 Å². The summed E-state index contributed by atoms with van der Waals surface area (Å²) in [7, 11) is 2.08. The zero-order valence-corrected chi connectivity index (χ0v) is 11.7. The van der Waals surface area contributed by atoms with Gasteiger partial charge in [0.25, 0.3) is 5.91 Å². The van der Waals surface area contributed by atoms with Crippen molar-refractivity contribution in [1.29, 1.82) is 0 Å². The number of nitrogens with one attached hydrogen (secondary N) is 1. The minimum absolute atomic E-state index is 0.0162. The van der Waals surface area contributed by atoms with Crippen LogP contribution in [0.25, 0.3) is 0 Å². The van der Waals surface area contributed by atoms with Gasteiger partial charge in [-0.25, -0.2) is 0 Å². The lowest BCUT2D eigenvalue weighted by Gasteiger charge is -2.45. The maximum Gasteiger partial charge on any atom is 0.272 e. The van der Waals surface area contributed by atoms with E-state index in [0.717, 1.165) is 13.1 Å². The second kappa shape index (κ2) is 5.14. The van der Waals surface area contributed by atoms with Gasteiger partial charge in [0.2, 0.25) is 0 Å². The van der Waals surface area contributed by atoms with E-state index in [9.17, 15) is 4.79 Å². The van der Waals surface area contributed by atoms with E-state index in [4.69, 9.17) is 5.84 Å². The molecule has 6 nitrogen and oxygen atoms in total. The molecule has 1 aromatic heterocycles. The SMILES string of the molecule is CN1CCN(C(=O)c2cc(NN)ccn2)CC1(C)C. The molecule has 2 rings (SSSR count). The number of piperazine rings is 1. The van der Waals surface area contributed by atoms with E-state index >= 15 is 0 Å². The summed E-state index contributed by atoms with van der Waals surface area (Å²) >= 11 is 0. The van der Waals surface area contributed by atoms with Gasteiger partial charge in [0, 0.05) is 31.4 Å². The zero-order chi connectivity index (χ0) is 14.0. The van der Waals surface area contributed by atoms with Crippen LogP contribution in [0.15, 0.2) is 18.3 Å². The maximum atomic E-state index is 12.4. The summed E-state index contributed by atoms with van der Waals surface area (Å²) in [5.41, 5.74) is 3.63. The first-order valence-corrected chi connectivity index (χ1v) is 6.37. The highest BCUT2D eigenvalue weighted by molar-refractivity contribution is 5.93. The van der Waals surface area contributed by atoms with Crippen LogP contribution < -0.4 is 11.3 Å². The average Bonchev–Trinajstić information content (AvgIpc) is 2.41. The maximum absolute atomic E-state index is 12.4. The number of hydrazine groups is 1. The zero-order valence-electron chi connectivity index (χ0n) is 11.7. The van der Waals surface area contributed by atoms with Gasteiger partial charge in [0.1, 0.15) is 5.69 Å². The van der Waals surface area contributed by atoms with E-state index in [-0.39, 0.29) is 11.4 Å². The third-order valence-corrected chi connectivity index (χ3v) is 3.75. The summed E-state index contributed by atoms with van der Waals surface area (Å²) in [6.07, 6.45) is 1.59. The second-order valence-corrected chi connectivity index (χ2v) is 5.53. The largest absolute Gasteiger partial charge is 0.334 e. The van der Waals surface area contributed by atoms with Gasteiger partial charge in [-0.1, -0.05) is 0 Å². The lowest BCUT2D eigenvalue weighted by Crippen LogP contribution is -2.58. The van der Waals surface area contributed by atoms with Crippen molar-refractivity contribution in [3.63, 3.8) is 0 Å². The Morgan fingerprint density at radius 1 is 1.47 bits per heavy atom. The Morgan fingerprint density at radius 2 is 2.21 bits per heavy atom. The van der Waals surface area contributed by atoms with Gasteiger partial charge in [-0.3, -0.25) is 20.5 Å². The van der Waals surface area contributed by atoms with Crippen LogP contribution in [0.5, 0.6) is 0 Å². The van der Waals surface area contributed by atoms with Crippen LogP contribution in [0.4, 0.5) is 5.69 Å². The molecule has 2 heterocycles. The first-order chi connectivity index (χ1) is 8.94. The number of nitrogen functional groups attached to an aromatic ring is 1. The highest BCUT2D eigenvalue weighted by atomic mass is 16.2. The molecule has 1 aliphatic rings. The number of rotatable bonds is 2. The summed E-state index contributed by atoms with van der Waals surface area (Å²) in [5, 5.41) is 0. The van der Waals surface area contributed by atoms with Crippen LogP contribution in [0.2, 0.25) is 0 Å². The Balaban J connectivity index is 2.15. The number of hydrogen-bond donors (Lipinski definition) is 2. The summed E-state index contributed by atoms with van der Waals surface area (Å²) in [4.78, 5) is 20.7. The molecule has 1 amide bonds. The summed E-state index contributed by atoms with van der Waals surface area (Å²) < 4.78 is 0. The van der Waals surface area contributed by atoms with Crippen molar-refractivity contribution in [2.75, 3.05) is 32.1 Å². The van der Waals surface area contributed by atoms with Crippen LogP contribution in [-0.2, 0) is 0 Å². The molecule has 0 atom stereocenters. The standard InChI is InChI=1S/C13H21N5O/c1-13(2)9-18(7-6-17(13)3)12(19)11-8-10(16-14)4-5-15-11/h4-5,8H,6-7,9,14H2,1-3H3,(H,15,16). The molecule has 1 fully saturated rings. The minimum atomic E-state index is -0.0433. The third kappa shape index (κ3) is 2.85. The predicted molar refractivity (Wildman–Crippen MR) is 74.7 cm³/mol. The number of hydrogen-bond acceptors (Lipinski definition) is 5. The number of aromatic nitrogens is 1. The summed E-state index contributed by atoms with van der Waals surface area (Å²) in [6, 6.07) is 3.40. The van der Waals surface area contributed by atoms with Gasteiger partial charge < -0.3 is 10.3 Å². The average molecular weight is 263 g/mol. The molecule has 104 valence electrons. The van der Waals surface area contributed by atoms with Crippen LogP contribution in [-0.4, -0.2) is 52.9 Å². The van der Waals surface area contributed by atoms with Crippen LogP contribution in [0, 0.1) is 0 Å². The van der Waals surface area contributed by atoms with Crippen molar-refractivity contribution in [1.82, 2.24) is 14.8 Å². The van der Waals surface area contributed by atoms with E-state index < -0.39 is 0 Å². The normalized spacial score (nSPS) is 19.3. The molecule has 0 aliphatic carbocycles. The van der Waals surface area contributed by atoms with Crippen molar-refractivity contribution in [2.24, 2.45) is 5.84 Å². The molecule has 1 aromatic rings. The third-order valence-electron chi connectivity index (χ3n) is 3.75. The molecular formula is C13H21N5O. The number of anilines is 1. The van der Waals surface area contributed by atoms with E-state index in [1.54, 1.807) is 18.3 Å². The van der Waals surface area contributed by atoms with E-state index in [1.165, 1.54) is 0 Å². The molecule has 0 aromatic carbocycles. The number of carbonyl (C=O) groups is 1. The minimum Gasteiger partial charge on any atom is -0.334 e. The number of amides is 1. The Kier molecular flexibility index (Phi) is 3.73. The Bertz CT molecular complexity index is 474. The van der Waals surface area contributed by atoms with Gasteiger partial charge in [-0.2, -0.15) is 0 Å². The fourth-order valence-corrected chi connectivity index (χ4v) is 2.21. The van der Waals surface area contributed by atoms with Gasteiger partial charge in [0.05, 0.1) is 5.69 Å². The molecule has 3 N–H and O–H groups in total. The fraction of sp³-hybridized carbons (Fsp3) is 0.538. The molecule has 6 heteroatoms. The van der Waals surface area contributed by atoms with Crippen molar-refractivity contribution in [2.45, 2.75) is 19.4 Å². The highest BCUT2D eigenvalue weighted by Crippen LogP contribution is 2.20. The topological polar surface area (TPSA) is 74.5 Å². The predicted octanol–water partition coefficient (Wildman–Crippen LogP) is 0.533. The van der Waals surface area contributed by atoms with Crippen molar-refractivity contribution in [3.8, 4) is 0 Å². The van der Waals surface area contributed by atoms with Gasteiger partial charge in [-0.15, -0.1) is 0 Å². The van der Waals surface area contributed by atoms with Crippen molar-refractivity contribution >= 4 is 11.6 Å².